The van der Waals surface area contributed by atoms with Crippen LogP contribution in [0.3, 0.4) is 0 Å². The summed E-state index contributed by atoms with van der Waals surface area (Å²) < 4.78 is 41.8. The van der Waals surface area contributed by atoms with E-state index in [1.54, 1.807) is 6.92 Å². The van der Waals surface area contributed by atoms with Gasteiger partial charge in [-0.15, -0.1) is 0 Å². The van der Waals surface area contributed by atoms with E-state index in [1.165, 1.54) is 18.5 Å². The predicted molar refractivity (Wildman–Crippen MR) is 88.1 cm³/mol. The molecule has 3 rings (SSSR count). The van der Waals surface area contributed by atoms with Gasteiger partial charge in [0, 0.05) is 30.3 Å². The van der Waals surface area contributed by atoms with E-state index in [4.69, 9.17) is 5.11 Å². The molecule has 0 aliphatic heterocycles. The lowest BCUT2D eigenvalue weighted by atomic mass is 10.00. The van der Waals surface area contributed by atoms with Crippen LogP contribution in [-0.4, -0.2) is 36.6 Å². The number of carboxylic acids is 1. The van der Waals surface area contributed by atoms with Gasteiger partial charge in [0.05, 0.1) is 11.1 Å². The quantitative estimate of drug-likeness (QED) is 0.701. The number of fused-ring (bicyclic) bond motifs is 1. The van der Waals surface area contributed by atoms with Crippen molar-refractivity contribution in [1.82, 2.24) is 19.7 Å². The molecule has 0 amide bonds. The highest BCUT2D eigenvalue weighted by atomic mass is 19.4. The SMILES string of the molecule is CC(=O)c1nn(CC(=O)O)c2c(C(F)(F)F)cc(-c3cnc(C)nc3)cc12. The van der Waals surface area contributed by atoms with Gasteiger partial charge in [-0.1, -0.05) is 0 Å². The first-order chi connectivity index (χ1) is 12.6. The number of carbonyl (C=O) groups is 2. The molecule has 2 heterocycles. The maximum atomic E-state index is 13.7. The second-order valence-electron chi connectivity index (χ2n) is 5.89. The summed E-state index contributed by atoms with van der Waals surface area (Å²) >= 11 is 0. The maximum Gasteiger partial charge on any atom is 0.418 e. The Morgan fingerprint density at radius 2 is 1.78 bits per heavy atom. The Bertz CT molecular complexity index is 1060. The number of carbonyl (C=O) groups excluding carboxylic acids is 1. The molecule has 1 aromatic carbocycles. The standard InChI is InChI=1S/C17H13F3N4O3/c1-8(25)15-12-3-10(11-5-21-9(2)22-6-11)4-13(17(18,19)20)16(12)24(23-15)7-14(26)27/h3-6H,7H2,1-2H3,(H,26,27). The zero-order valence-electron chi connectivity index (χ0n) is 14.2. The molecule has 0 bridgehead atoms. The van der Waals surface area contributed by atoms with E-state index in [2.05, 4.69) is 15.1 Å². The number of aliphatic carboxylic acids is 1. The van der Waals surface area contributed by atoms with Crippen molar-refractivity contribution in [3.8, 4) is 11.1 Å². The molecule has 2 aromatic heterocycles. The van der Waals surface area contributed by atoms with Crippen LogP contribution in [0.5, 0.6) is 0 Å². The summed E-state index contributed by atoms with van der Waals surface area (Å²) in [6.07, 6.45) is -2.04. The highest BCUT2D eigenvalue weighted by Crippen LogP contribution is 2.39. The summed E-state index contributed by atoms with van der Waals surface area (Å²) in [5.41, 5.74) is -1.30. The number of halogens is 3. The zero-order valence-corrected chi connectivity index (χ0v) is 14.2. The molecule has 0 saturated carbocycles. The van der Waals surface area contributed by atoms with E-state index in [0.29, 0.717) is 16.1 Å². The van der Waals surface area contributed by atoms with Crippen LogP contribution in [0.25, 0.3) is 22.0 Å². The number of rotatable bonds is 4. The molecule has 0 saturated heterocycles. The van der Waals surface area contributed by atoms with Gasteiger partial charge >= 0.3 is 12.1 Å². The van der Waals surface area contributed by atoms with Crippen molar-refractivity contribution in [2.75, 3.05) is 0 Å². The number of alkyl halides is 3. The number of ketones is 1. The van der Waals surface area contributed by atoms with Gasteiger partial charge in [0.15, 0.2) is 5.78 Å². The molecule has 27 heavy (non-hydrogen) atoms. The maximum absolute atomic E-state index is 13.7. The van der Waals surface area contributed by atoms with Crippen LogP contribution in [-0.2, 0) is 17.5 Å². The van der Waals surface area contributed by atoms with Crippen LogP contribution in [0, 0.1) is 6.92 Å². The topological polar surface area (TPSA) is 98.0 Å². The van der Waals surface area contributed by atoms with E-state index in [1.807, 2.05) is 0 Å². The van der Waals surface area contributed by atoms with Crippen LogP contribution in [0.15, 0.2) is 24.5 Å². The molecule has 0 spiro atoms. The first kappa shape index (κ1) is 18.5. The number of aromatic nitrogens is 4. The van der Waals surface area contributed by atoms with Crippen LogP contribution in [0.1, 0.15) is 28.8 Å². The first-order valence-corrected chi connectivity index (χ1v) is 7.71. The third kappa shape index (κ3) is 3.50. The number of nitrogens with zero attached hydrogens (tertiary/aromatic N) is 4. The smallest absolute Gasteiger partial charge is 0.418 e. The number of hydrogen-bond donors (Lipinski definition) is 1. The second-order valence-corrected chi connectivity index (χ2v) is 5.89. The third-order valence-electron chi connectivity index (χ3n) is 3.88. The fourth-order valence-corrected chi connectivity index (χ4v) is 2.74. The minimum absolute atomic E-state index is 0.0749. The zero-order chi connectivity index (χ0) is 19.9. The molecule has 7 nitrogen and oxygen atoms in total. The van der Waals surface area contributed by atoms with Crippen molar-refractivity contribution >= 4 is 22.7 Å². The fraction of sp³-hybridized carbons (Fsp3) is 0.235. The Kier molecular flexibility index (Phi) is 4.42. The van der Waals surface area contributed by atoms with Gasteiger partial charge in [0.25, 0.3) is 0 Å². The van der Waals surface area contributed by atoms with E-state index < -0.39 is 35.6 Å². The normalized spacial score (nSPS) is 11.7. The lowest BCUT2D eigenvalue weighted by Crippen LogP contribution is -2.14. The molecule has 0 unspecified atom stereocenters. The minimum Gasteiger partial charge on any atom is -0.480 e. The molecule has 140 valence electrons. The number of benzene rings is 1. The van der Waals surface area contributed by atoms with E-state index in [9.17, 15) is 22.8 Å². The number of hydrogen-bond acceptors (Lipinski definition) is 5. The van der Waals surface area contributed by atoms with Crippen molar-refractivity contribution in [2.24, 2.45) is 0 Å². The number of Topliss-reactive ketones (excluding diaryl/α,β-unsaturated/α-hetero) is 1. The highest BCUT2D eigenvalue weighted by Gasteiger charge is 2.36. The van der Waals surface area contributed by atoms with E-state index in [-0.39, 0.29) is 16.6 Å². The average Bonchev–Trinajstić information content (AvgIpc) is 2.92. The highest BCUT2D eigenvalue weighted by molar-refractivity contribution is 6.07. The molecule has 0 aliphatic carbocycles. The Balaban J connectivity index is 2.39. The van der Waals surface area contributed by atoms with E-state index in [0.717, 1.165) is 13.0 Å². The van der Waals surface area contributed by atoms with Crippen LogP contribution in [0.2, 0.25) is 0 Å². The molecular formula is C17H13F3N4O3. The fourth-order valence-electron chi connectivity index (χ4n) is 2.74. The van der Waals surface area contributed by atoms with Gasteiger partial charge in [-0.3, -0.25) is 14.3 Å². The molecule has 3 aromatic rings. The van der Waals surface area contributed by atoms with Crippen molar-refractivity contribution in [3.63, 3.8) is 0 Å². The lowest BCUT2D eigenvalue weighted by molar-refractivity contribution is -0.139. The van der Waals surface area contributed by atoms with Crippen LogP contribution in [0.4, 0.5) is 13.2 Å². The largest absolute Gasteiger partial charge is 0.480 e. The molecule has 0 atom stereocenters. The Morgan fingerprint density at radius 3 is 2.30 bits per heavy atom. The summed E-state index contributed by atoms with van der Waals surface area (Å²) in [5.74, 6) is -1.50. The monoisotopic (exact) mass is 378 g/mol. The summed E-state index contributed by atoms with van der Waals surface area (Å²) in [4.78, 5) is 30.9. The van der Waals surface area contributed by atoms with Gasteiger partial charge in [-0.05, 0) is 24.6 Å². The van der Waals surface area contributed by atoms with Crippen molar-refractivity contribution in [1.29, 1.82) is 0 Å². The molecule has 0 fully saturated rings. The molecule has 1 N–H and O–H groups in total. The van der Waals surface area contributed by atoms with Gasteiger partial charge < -0.3 is 5.11 Å². The Morgan fingerprint density at radius 1 is 1.15 bits per heavy atom. The van der Waals surface area contributed by atoms with Crippen LogP contribution < -0.4 is 0 Å². The van der Waals surface area contributed by atoms with Gasteiger partial charge in [-0.2, -0.15) is 18.3 Å². The predicted octanol–water partition coefficient (Wildman–Crippen LogP) is 3.11. The van der Waals surface area contributed by atoms with Crippen molar-refractivity contribution < 1.29 is 27.9 Å². The summed E-state index contributed by atoms with van der Waals surface area (Å²) in [6.45, 7) is 1.99. The van der Waals surface area contributed by atoms with E-state index >= 15 is 0 Å². The first-order valence-electron chi connectivity index (χ1n) is 7.71. The number of aryl methyl sites for hydroxylation is 1. The third-order valence-corrected chi connectivity index (χ3v) is 3.88. The number of carboxylic acid groups (broad SMARTS) is 1. The molecular weight excluding hydrogens is 365 g/mol. The molecule has 10 heteroatoms. The molecule has 0 radical (unpaired) electrons. The van der Waals surface area contributed by atoms with Gasteiger partial charge in [0.2, 0.25) is 0 Å². The van der Waals surface area contributed by atoms with Crippen molar-refractivity contribution in [2.45, 2.75) is 26.6 Å². The Labute approximate surface area is 150 Å². The second kappa shape index (κ2) is 6.45. The average molecular weight is 378 g/mol. The molecule has 0 aliphatic rings. The lowest BCUT2D eigenvalue weighted by Gasteiger charge is -2.13. The van der Waals surface area contributed by atoms with Gasteiger partial charge in [-0.25, -0.2) is 9.97 Å². The van der Waals surface area contributed by atoms with Gasteiger partial charge in [0.1, 0.15) is 18.1 Å². The summed E-state index contributed by atoms with van der Waals surface area (Å²) in [5, 5.41) is 12.7. The van der Waals surface area contributed by atoms with Crippen molar-refractivity contribution in [3.05, 3.63) is 41.6 Å². The summed E-state index contributed by atoms with van der Waals surface area (Å²) in [6, 6.07) is 2.24. The van der Waals surface area contributed by atoms with Crippen LogP contribution >= 0.6 is 0 Å². The Hall–Kier alpha value is -3.30. The minimum atomic E-state index is -4.79. The summed E-state index contributed by atoms with van der Waals surface area (Å²) in [7, 11) is 0.